The second-order valence-electron chi connectivity index (χ2n) is 19.6. The molecule has 0 radical (unpaired) electrons. The maximum absolute atomic E-state index is 14.9. The molecular weight excluding hydrogens is 1050 g/mol. The van der Waals surface area contributed by atoms with Gasteiger partial charge in [-0.1, -0.05) is 78.9 Å². The standard InChI is InChI=1S/C55H75N15O11/c1-32(81-31-35-17-7-4-8-18-35)46-52(78)69-42(27-34-15-5-3-6-16-34)49(75)65-40(23-14-26-62-55(58)59)48(74)67-43(28-36-30-63-38-20-10-9-19-37(36)38)50(76)66-41(53(79)80)21-11-12-24-60-45(72)29-44(51(77)70-46)68-47(73)39(64-33(2)71)22-13-25-61-54(56)57/h3-10,15-20,30,32,39-44,46,63H,11-14,21-29,31H2,1-2H3,(H,60,72)(H,64,71)(H,65,75)(H,66,76)(H,67,74)(H,68,73)(H,69,78)(H,70,77)(H,79,80)(H4,56,57,61)(H4,58,59,62)/t32-,39+,40+,41?,42-,43+,44+,46+/m1/s1. The fraction of sp³-hybridized carbons (Fsp3) is 0.436. The van der Waals surface area contributed by atoms with Gasteiger partial charge in [0.2, 0.25) is 47.3 Å². The largest absolute Gasteiger partial charge is 0.480 e. The molecule has 1 fully saturated rings. The summed E-state index contributed by atoms with van der Waals surface area (Å²) >= 11 is 0. The topological polar surface area (TPSA) is 424 Å². The van der Waals surface area contributed by atoms with E-state index in [1.807, 2.05) is 18.2 Å². The highest BCUT2D eigenvalue weighted by atomic mass is 16.5. The van der Waals surface area contributed by atoms with Crippen LogP contribution in [0.2, 0.25) is 0 Å². The summed E-state index contributed by atoms with van der Waals surface area (Å²) in [6, 6.07) is 14.5. The highest BCUT2D eigenvalue weighted by Gasteiger charge is 2.37. The molecule has 8 amide bonds. The number of nitrogens with two attached hydrogens (primary N) is 4. The van der Waals surface area contributed by atoms with E-state index in [2.05, 4.69) is 57.5 Å². The number of amides is 8. The lowest BCUT2D eigenvalue weighted by atomic mass is 10.0. The highest BCUT2D eigenvalue weighted by molar-refractivity contribution is 5.99. The Morgan fingerprint density at radius 3 is 1.96 bits per heavy atom. The van der Waals surface area contributed by atoms with Crippen LogP contribution in [0.5, 0.6) is 0 Å². The van der Waals surface area contributed by atoms with Crippen molar-refractivity contribution in [1.82, 2.24) is 47.5 Å². The lowest BCUT2D eigenvalue weighted by Crippen LogP contribution is -2.62. The summed E-state index contributed by atoms with van der Waals surface area (Å²) in [5.41, 5.74) is 24.8. The number of nitrogens with zero attached hydrogens (tertiary/aromatic N) is 2. The van der Waals surface area contributed by atoms with Crippen molar-refractivity contribution >= 4 is 76.0 Å². The minimum atomic E-state index is -1.70. The molecule has 1 aliphatic rings. The number of aromatic amines is 1. The number of carboxylic acids is 1. The Morgan fingerprint density at radius 1 is 0.704 bits per heavy atom. The lowest BCUT2D eigenvalue weighted by Gasteiger charge is -2.30. The number of nitrogens with one attached hydrogen (secondary N) is 9. The number of fused-ring (bicyclic) bond motifs is 1. The molecule has 0 saturated carbocycles. The molecule has 1 saturated heterocycles. The van der Waals surface area contributed by atoms with Crippen molar-refractivity contribution in [3.05, 3.63) is 108 Å². The Kier molecular flexibility index (Phi) is 24.9. The summed E-state index contributed by atoms with van der Waals surface area (Å²) in [6.45, 7) is 2.74. The molecule has 2 heterocycles. The molecule has 1 unspecified atom stereocenters. The highest BCUT2D eigenvalue weighted by Crippen LogP contribution is 2.20. The summed E-state index contributed by atoms with van der Waals surface area (Å²) in [6.07, 6.45) is 0.0247. The number of aliphatic carboxylic acids is 1. The second-order valence-corrected chi connectivity index (χ2v) is 19.6. The molecule has 3 aromatic carbocycles. The maximum Gasteiger partial charge on any atom is 0.326 e. The Morgan fingerprint density at radius 2 is 1.30 bits per heavy atom. The van der Waals surface area contributed by atoms with Gasteiger partial charge in [0.1, 0.15) is 42.3 Å². The van der Waals surface area contributed by atoms with Gasteiger partial charge in [-0.25, -0.2) is 4.79 Å². The predicted octanol–water partition coefficient (Wildman–Crippen LogP) is -1.15. The van der Waals surface area contributed by atoms with Gasteiger partial charge < -0.3 is 80.3 Å². The van der Waals surface area contributed by atoms with Crippen LogP contribution in [0.4, 0.5) is 0 Å². The number of aliphatic imine (C=N–C) groups is 2. The summed E-state index contributed by atoms with van der Waals surface area (Å²) in [5, 5.41) is 32.3. The first-order valence-corrected chi connectivity index (χ1v) is 26.7. The van der Waals surface area contributed by atoms with Crippen molar-refractivity contribution in [2.24, 2.45) is 32.9 Å². The van der Waals surface area contributed by atoms with Gasteiger partial charge in [0, 0.05) is 56.5 Å². The Hall–Kier alpha value is -9.07. The van der Waals surface area contributed by atoms with Crippen LogP contribution in [0.25, 0.3) is 10.9 Å². The Balaban J connectivity index is 1.57. The quantitative estimate of drug-likeness (QED) is 0.0282. The number of hydrogen-bond donors (Lipinski definition) is 14. The molecule has 26 nitrogen and oxygen atoms in total. The molecule has 1 aliphatic heterocycles. The Bertz CT molecular complexity index is 2840. The number of carbonyl (C=O) groups excluding carboxylic acids is 8. The van der Waals surface area contributed by atoms with Crippen LogP contribution >= 0.6 is 0 Å². The third-order valence-corrected chi connectivity index (χ3v) is 13.1. The molecule has 8 atom stereocenters. The van der Waals surface area contributed by atoms with Crippen molar-refractivity contribution < 1.29 is 53.0 Å². The van der Waals surface area contributed by atoms with Gasteiger partial charge in [-0.05, 0) is 74.6 Å². The molecule has 0 bridgehead atoms. The first-order chi connectivity index (χ1) is 38.8. The number of para-hydroxylation sites is 1. The van der Waals surface area contributed by atoms with Gasteiger partial charge >= 0.3 is 5.97 Å². The van der Waals surface area contributed by atoms with Crippen molar-refractivity contribution in [1.29, 1.82) is 0 Å². The zero-order valence-electron chi connectivity index (χ0n) is 45.4. The predicted molar refractivity (Wildman–Crippen MR) is 301 cm³/mol. The van der Waals surface area contributed by atoms with E-state index in [0.29, 0.717) is 16.7 Å². The number of guanidine groups is 2. The van der Waals surface area contributed by atoms with E-state index in [-0.39, 0.29) is 95.9 Å². The second kappa shape index (κ2) is 32.1. The van der Waals surface area contributed by atoms with E-state index < -0.39 is 108 Å². The molecule has 0 aliphatic carbocycles. The molecule has 5 rings (SSSR count). The van der Waals surface area contributed by atoms with Gasteiger partial charge in [0.15, 0.2) is 11.9 Å². The van der Waals surface area contributed by atoms with E-state index in [9.17, 15) is 48.3 Å². The van der Waals surface area contributed by atoms with Crippen LogP contribution in [0.15, 0.2) is 101 Å². The van der Waals surface area contributed by atoms with E-state index in [1.165, 1.54) is 13.8 Å². The van der Waals surface area contributed by atoms with Crippen molar-refractivity contribution in [2.75, 3.05) is 19.6 Å². The van der Waals surface area contributed by atoms with E-state index >= 15 is 0 Å². The van der Waals surface area contributed by atoms with Crippen LogP contribution in [-0.2, 0) is 67.3 Å². The number of rotatable bonds is 20. The van der Waals surface area contributed by atoms with Crippen LogP contribution in [0.1, 0.15) is 81.9 Å². The average Bonchev–Trinajstić information content (AvgIpc) is 4.07. The minimum Gasteiger partial charge on any atom is -0.480 e. The van der Waals surface area contributed by atoms with Gasteiger partial charge in [-0.3, -0.25) is 48.3 Å². The number of carbonyl (C=O) groups is 9. The molecule has 81 heavy (non-hydrogen) atoms. The summed E-state index contributed by atoms with van der Waals surface area (Å²) < 4.78 is 6.19. The fourth-order valence-electron chi connectivity index (χ4n) is 8.90. The SMILES string of the molecule is CC(=O)N[C@@H](CCCN=C(N)N)C(=O)N[C@H]1CC(=O)NCCCCC(C(=O)O)NC(=O)[C@H](Cc2c[nH]c3ccccc23)NC(=O)[C@H](CCCN=C(N)N)NC(=O)[C@@H](Cc2ccccc2)NC(=O)[C@H]([C@@H](C)OCc2ccccc2)NC1=O. The number of H-pyrrole nitrogens is 1. The molecular formula is C55H75N15O11. The van der Waals surface area contributed by atoms with Gasteiger partial charge in [-0.2, -0.15) is 0 Å². The third-order valence-electron chi connectivity index (χ3n) is 13.1. The van der Waals surface area contributed by atoms with Crippen molar-refractivity contribution in [3.8, 4) is 0 Å². The Labute approximate surface area is 468 Å². The van der Waals surface area contributed by atoms with Crippen LogP contribution < -0.4 is 65.5 Å². The number of ether oxygens (including phenoxy) is 1. The molecule has 436 valence electrons. The molecule has 1 aromatic heterocycles. The first-order valence-electron chi connectivity index (χ1n) is 26.7. The van der Waals surface area contributed by atoms with Crippen LogP contribution in [-0.4, -0.2) is 143 Å². The maximum atomic E-state index is 14.9. The van der Waals surface area contributed by atoms with Crippen molar-refractivity contribution in [3.63, 3.8) is 0 Å². The third kappa shape index (κ3) is 21.3. The average molecular weight is 1120 g/mol. The van der Waals surface area contributed by atoms with E-state index in [4.69, 9.17) is 27.7 Å². The zero-order chi connectivity index (χ0) is 58.8. The number of hydrogen-bond acceptors (Lipinski definition) is 12. The minimum absolute atomic E-state index is 0.00428. The zero-order valence-corrected chi connectivity index (χ0v) is 45.4. The number of carboxylic acid groups (broad SMARTS) is 1. The van der Waals surface area contributed by atoms with Crippen LogP contribution in [0.3, 0.4) is 0 Å². The smallest absolute Gasteiger partial charge is 0.326 e. The molecule has 18 N–H and O–H groups in total. The molecule has 0 spiro atoms. The monoisotopic (exact) mass is 1120 g/mol. The van der Waals surface area contributed by atoms with E-state index in [1.54, 1.807) is 72.9 Å². The first kappa shape index (κ1) is 62.8. The summed E-state index contributed by atoms with van der Waals surface area (Å²) in [4.78, 5) is 137. The van der Waals surface area contributed by atoms with Gasteiger partial charge in [0.25, 0.3) is 0 Å². The van der Waals surface area contributed by atoms with Crippen molar-refractivity contribution in [2.45, 2.75) is 133 Å². The summed E-state index contributed by atoms with van der Waals surface area (Å²) in [5.74, 6) is -8.50. The van der Waals surface area contributed by atoms with Gasteiger partial charge in [-0.15, -0.1) is 0 Å². The fourth-order valence-corrected chi connectivity index (χ4v) is 8.90. The number of aromatic nitrogens is 1. The normalized spacial score (nSPS) is 20.8. The molecule has 26 heteroatoms. The molecule has 4 aromatic rings. The van der Waals surface area contributed by atoms with Gasteiger partial charge in [0.05, 0.1) is 19.1 Å². The van der Waals surface area contributed by atoms with Crippen LogP contribution in [0, 0.1) is 0 Å². The number of benzene rings is 3. The lowest BCUT2D eigenvalue weighted by molar-refractivity contribution is -0.142. The summed E-state index contributed by atoms with van der Waals surface area (Å²) in [7, 11) is 0. The van der Waals surface area contributed by atoms with E-state index in [0.717, 1.165) is 10.9 Å².